The van der Waals surface area contributed by atoms with Gasteiger partial charge in [-0.1, -0.05) is 200 Å². The Morgan fingerprint density at radius 1 is 0.313 bits per heavy atom. The van der Waals surface area contributed by atoms with Gasteiger partial charge in [0.15, 0.2) is 0 Å². The highest BCUT2D eigenvalue weighted by atomic mass is 16.3. The van der Waals surface area contributed by atoms with Crippen molar-refractivity contribution in [2.24, 2.45) is 0 Å². The minimum Gasteiger partial charge on any atom is -0.455 e. The molecule has 0 aliphatic heterocycles. The van der Waals surface area contributed by atoms with Crippen molar-refractivity contribution >= 4 is 71.6 Å². The van der Waals surface area contributed by atoms with E-state index in [1.54, 1.807) is 0 Å². The number of furan rings is 1. The van der Waals surface area contributed by atoms with Gasteiger partial charge in [0.25, 0.3) is 0 Å². The average molecular weight is 855 g/mol. The summed E-state index contributed by atoms with van der Waals surface area (Å²) in [6.45, 7) is 0. The van der Waals surface area contributed by atoms with Crippen LogP contribution in [0.5, 0.6) is 0 Å². The summed E-state index contributed by atoms with van der Waals surface area (Å²) in [5, 5.41) is 7.16. The molecule has 0 N–H and O–H groups in total. The molecule has 0 aliphatic rings. The van der Waals surface area contributed by atoms with E-state index < -0.39 is 0 Å². The summed E-state index contributed by atoms with van der Waals surface area (Å²) in [5.41, 5.74) is 17.6. The van der Waals surface area contributed by atoms with Crippen molar-refractivity contribution in [3.63, 3.8) is 0 Å². The molecule has 0 saturated carbocycles. The number of hydrogen-bond donors (Lipinski definition) is 0. The third-order valence-electron chi connectivity index (χ3n) is 13.4. The lowest BCUT2D eigenvalue weighted by Gasteiger charge is -2.30. The Hall–Kier alpha value is -8.92. The lowest BCUT2D eigenvalue weighted by Crippen LogP contribution is -2.12. The molecular formula is C64H42N2O. The van der Waals surface area contributed by atoms with Crippen molar-refractivity contribution in [3.05, 3.63) is 255 Å². The van der Waals surface area contributed by atoms with Gasteiger partial charge in [0.2, 0.25) is 0 Å². The van der Waals surface area contributed by atoms with E-state index >= 15 is 0 Å². The number of fused-ring (bicyclic) bond motifs is 7. The Bertz CT molecular complexity index is 3950. The summed E-state index contributed by atoms with van der Waals surface area (Å²) in [4.78, 5) is 2.45. The van der Waals surface area contributed by atoms with Gasteiger partial charge in [0.05, 0.1) is 28.1 Å². The fraction of sp³-hybridized carbons (Fsp3) is 0. The van der Waals surface area contributed by atoms with Crippen LogP contribution < -0.4 is 4.90 Å². The van der Waals surface area contributed by atoms with Crippen LogP contribution in [0.4, 0.5) is 17.1 Å². The van der Waals surface area contributed by atoms with Crippen LogP contribution in [0.3, 0.4) is 0 Å². The first kappa shape index (κ1) is 38.5. The van der Waals surface area contributed by atoms with Crippen molar-refractivity contribution in [2.45, 2.75) is 0 Å². The van der Waals surface area contributed by atoms with Crippen LogP contribution in [0.25, 0.3) is 105 Å². The van der Waals surface area contributed by atoms with Crippen LogP contribution in [0, 0.1) is 0 Å². The van der Waals surface area contributed by atoms with Crippen molar-refractivity contribution in [2.75, 3.05) is 4.90 Å². The molecule has 0 bridgehead atoms. The summed E-state index contributed by atoms with van der Waals surface area (Å²) in [5.74, 6) is 0. The molecular weight excluding hydrogens is 813 g/mol. The first-order chi connectivity index (χ1) is 33.3. The van der Waals surface area contributed by atoms with E-state index in [4.69, 9.17) is 4.42 Å². The molecule has 314 valence electrons. The summed E-state index contributed by atoms with van der Waals surface area (Å²) < 4.78 is 8.96. The van der Waals surface area contributed by atoms with Crippen molar-refractivity contribution in [1.82, 2.24) is 4.57 Å². The van der Waals surface area contributed by atoms with Gasteiger partial charge in [0, 0.05) is 49.5 Å². The molecule has 13 rings (SSSR count). The van der Waals surface area contributed by atoms with Gasteiger partial charge < -0.3 is 13.9 Å². The largest absolute Gasteiger partial charge is 0.455 e. The minimum absolute atomic E-state index is 0.896. The van der Waals surface area contributed by atoms with Crippen molar-refractivity contribution in [3.8, 4) is 50.2 Å². The topological polar surface area (TPSA) is 21.3 Å². The molecule has 0 aliphatic carbocycles. The van der Waals surface area contributed by atoms with Gasteiger partial charge in [-0.25, -0.2) is 0 Å². The number of aromatic nitrogens is 1. The second-order valence-electron chi connectivity index (χ2n) is 17.2. The molecule has 0 radical (unpaired) electrons. The van der Waals surface area contributed by atoms with Crippen LogP contribution in [0.2, 0.25) is 0 Å². The molecule has 3 heteroatoms. The lowest BCUT2D eigenvalue weighted by molar-refractivity contribution is 0.670. The second-order valence-corrected chi connectivity index (χ2v) is 17.2. The first-order valence-corrected chi connectivity index (χ1v) is 22.9. The highest BCUT2D eigenvalue weighted by Gasteiger charge is 2.24. The number of nitrogens with zero attached hydrogens (tertiary/aromatic N) is 2. The minimum atomic E-state index is 0.896. The number of para-hydroxylation sites is 7. The molecule has 0 fully saturated rings. The molecule has 11 aromatic carbocycles. The molecule has 0 amide bonds. The zero-order valence-corrected chi connectivity index (χ0v) is 36.6. The predicted octanol–water partition coefficient (Wildman–Crippen LogP) is 18.0. The summed E-state index contributed by atoms with van der Waals surface area (Å²) in [7, 11) is 0. The molecule has 13 aromatic rings. The maximum absolute atomic E-state index is 6.52. The van der Waals surface area contributed by atoms with Crippen LogP contribution in [-0.2, 0) is 0 Å². The van der Waals surface area contributed by atoms with Gasteiger partial charge in [-0.15, -0.1) is 0 Å². The fourth-order valence-electron chi connectivity index (χ4n) is 10.4. The van der Waals surface area contributed by atoms with Crippen LogP contribution >= 0.6 is 0 Å². The Balaban J connectivity index is 1.01. The molecule has 2 heterocycles. The summed E-state index contributed by atoms with van der Waals surface area (Å²) in [6.07, 6.45) is 0. The van der Waals surface area contributed by atoms with Gasteiger partial charge >= 0.3 is 0 Å². The second kappa shape index (κ2) is 16.0. The van der Waals surface area contributed by atoms with Crippen LogP contribution in [0.1, 0.15) is 0 Å². The molecule has 3 nitrogen and oxygen atoms in total. The molecule has 0 atom stereocenters. The van der Waals surface area contributed by atoms with E-state index in [2.05, 4.69) is 252 Å². The highest BCUT2D eigenvalue weighted by molar-refractivity contribution is 6.11. The van der Waals surface area contributed by atoms with E-state index in [1.807, 2.05) is 12.1 Å². The van der Waals surface area contributed by atoms with Gasteiger partial charge in [-0.2, -0.15) is 0 Å². The normalized spacial score (nSPS) is 11.6. The average Bonchev–Trinajstić information content (AvgIpc) is 3.95. The Kier molecular flexibility index (Phi) is 9.17. The number of rotatable bonds is 8. The number of anilines is 3. The van der Waals surface area contributed by atoms with Crippen LogP contribution in [0.15, 0.2) is 259 Å². The van der Waals surface area contributed by atoms with Gasteiger partial charge in [-0.05, 0) is 87.6 Å². The lowest BCUT2D eigenvalue weighted by atomic mass is 9.91. The maximum atomic E-state index is 6.52. The molecule has 2 aromatic heterocycles. The zero-order valence-electron chi connectivity index (χ0n) is 36.6. The van der Waals surface area contributed by atoms with E-state index in [-0.39, 0.29) is 0 Å². The smallest absolute Gasteiger partial charge is 0.143 e. The Morgan fingerprint density at radius 3 is 1.57 bits per heavy atom. The first-order valence-electron chi connectivity index (χ1n) is 22.9. The molecule has 0 unspecified atom stereocenters. The Morgan fingerprint density at radius 2 is 0.821 bits per heavy atom. The van der Waals surface area contributed by atoms with E-state index in [0.717, 1.165) is 89.2 Å². The summed E-state index contributed by atoms with van der Waals surface area (Å²) in [6, 6.07) is 92.0. The highest BCUT2D eigenvalue weighted by Crippen LogP contribution is 2.48. The van der Waals surface area contributed by atoms with Gasteiger partial charge in [-0.3, -0.25) is 0 Å². The van der Waals surface area contributed by atoms with Crippen molar-refractivity contribution in [1.29, 1.82) is 0 Å². The third kappa shape index (κ3) is 6.43. The van der Waals surface area contributed by atoms with Crippen LogP contribution in [-0.4, -0.2) is 4.57 Å². The van der Waals surface area contributed by atoms with E-state index in [0.29, 0.717) is 0 Å². The zero-order chi connectivity index (χ0) is 44.3. The number of benzene rings is 11. The summed E-state index contributed by atoms with van der Waals surface area (Å²) >= 11 is 0. The van der Waals surface area contributed by atoms with E-state index in [9.17, 15) is 0 Å². The van der Waals surface area contributed by atoms with E-state index in [1.165, 1.54) is 32.6 Å². The standard InChI is InChI=1S/C64H42N2O/c1-2-19-45-42-46(37-36-43(45)18-1)48-20-5-11-30-58(48)65(47-40-38-44(39-41-47)49-28-17-29-57-56-27-10-16-35-63(56)67-64(49)57)59-31-12-6-23-52(59)50-21-3-4-22-51(50)53-24-7-13-32-60(53)66-61-33-14-8-25-54(61)55-26-9-15-34-62(55)66/h1-42H. The fourth-order valence-corrected chi connectivity index (χ4v) is 10.4. The Labute approximate surface area is 388 Å². The monoisotopic (exact) mass is 854 g/mol. The number of hydrogen-bond acceptors (Lipinski definition) is 2. The molecule has 67 heavy (non-hydrogen) atoms. The van der Waals surface area contributed by atoms with Gasteiger partial charge in [0.1, 0.15) is 11.2 Å². The molecule has 0 spiro atoms. The third-order valence-corrected chi connectivity index (χ3v) is 13.4. The SMILES string of the molecule is c1ccc(-c2ccccc2-n2c3ccccc3c3ccccc32)c(-c2ccccc2N(c2ccc(-c3cccc4c3oc3ccccc34)cc2)c2ccccc2-c2ccc3ccccc3c2)c1. The van der Waals surface area contributed by atoms with Crippen molar-refractivity contribution < 1.29 is 4.42 Å². The molecule has 0 saturated heterocycles. The maximum Gasteiger partial charge on any atom is 0.143 e. The quantitative estimate of drug-likeness (QED) is 0.152. The predicted molar refractivity (Wildman–Crippen MR) is 282 cm³/mol.